The van der Waals surface area contributed by atoms with Crippen molar-refractivity contribution in [3.8, 4) is 11.5 Å². The summed E-state index contributed by atoms with van der Waals surface area (Å²) < 4.78 is 21.8. The van der Waals surface area contributed by atoms with Gasteiger partial charge in [0.1, 0.15) is 0 Å². The normalized spacial score (nSPS) is 22.6. The first kappa shape index (κ1) is 15.6. The predicted molar refractivity (Wildman–Crippen MR) is 82.3 cm³/mol. The van der Waals surface area contributed by atoms with E-state index in [1.54, 1.807) is 14.2 Å². The Bertz CT molecular complexity index is 486. The first-order valence-electron chi connectivity index (χ1n) is 6.63. The van der Waals surface area contributed by atoms with Crippen LogP contribution in [0.1, 0.15) is 18.4 Å². The number of halogens is 1. The van der Waals surface area contributed by atoms with Crippen LogP contribution in [0, 0.1) is 0 Å². The van der Waals surface area contributed by atoms with Crippen LogP contribution in [0.4, 0.5) is 0 Å². The molecular weight excluding hydrogens is 298 g/mol. The van der Waals surface area contributed by atoms with E-state index in [1.807, 2.05) is 12.1 Å². The summed E-state index contributed by atoms with van der Waals surface area (Å²) in [5.74, 6) is 2.78. The molecule has 0 radical (unpaired) electrons. The zero-order valence-corrected chi connectivity index (χ0v) is 13.4. The molecule has 0 bridgehead atoms. The molecule has 4 nitrogen and oxygen atoms in total. The Kier molecular flexibility index (Phi) is 5.69. The molecule has 1 N–H and O–H groups in total. The molecule has 1 aromatic carbocycles. The van der Waals surface area contributed by atoms with E-state index in [0.29, 0.717) is 29.1 Å². The first-order chi connectivity index (χ1) is 9.65. The number of hydrogen-bond donors (Lipinski definition) is 1. The lowest BCUT2D eigenvalue weighted by atomic mass is 10.1. The maximum Gasteiger partial charge on any atom is 0.179 e. The minimum atomic E-state index is -0.625. The van der Waals surface area contributed by atoms with Gasteiger partial charge in [-0.2, -0.15) is 0 Å². The summed E-state index contributed by atoms with van der Waals surface area (Å²) in [6.07, 6.45) is 1.91. The van der Waals surface area contributed by atoms with Crippen LogP contribution in [0.25, 0.3) is 0 Å². The quantitative estimate of drug-likeness (QED) is 0.905. The van der Waals surface area contributed by atoms with Crippen LogP contribution < -0.4 is 14.8 Å². The average molecular weight is 318 g/mol. The molecule has 1 aromatic rings. The summed E-state index contributed by atoms with van der Waals surface area (Å²) in [6.45, 7) is 0.677. The van der Waals surface area contributed by atoms with Gasteiger partial charge in [-0.1, -0.05) is 17.7 Å². The van der Waals surface area contributed by atoms with Crippen LogP contribution in [0.3, 0.4) is 0 Å². The SMILES string of the molecule is COc1ccc(CNC2CCS(=O)CC2)c(Cl)c1OC. The molecule has 0 saturated carbocycles. The Morgan fingerprint density at radius 1 is 1.30 bits per heavy atom. The number of benzene rings is 1. The van der Waals surface area contributed by atoms with Crippen molar-refractivity contribution in [2.45, 2.75) is 25.4 Å². The first-order valence-corrected chi connectivity index (χ1v) is 8.50. The van der Waals surface area contributed by atoms with Gasteiger partial charge in [-0.25, -0.2) is 0 Å². The van der Waals surface area contributed by atoms with Crippen molar-refractivity contribution >= 4 is 22.4 Å². The zero-order chi connectivity index (χ0) is 14.5. The summed E-state index contributed by atoms with van der Waals surface area (Å²) in [6, 6.07) is 4.21. The lowest BCUT2D eigenvalue weighted by Crippen LogP contribution is -2.35. The van der Waals surface area contributed by atoms with Gasteiger partial charge >= 0.3 is 0 Å². The molecular formula is C14H20ClNO3S. The third-order valence-electron chi connectivity index (χ3n) is 3.53. The highest BCUT2D eigenvalue weighted by Crippen LogP contribution is 2.37. The van der Waals surface area contributed by atoms with E-state index in [9.17, 15) is 4.21 Å². The Balaban J connectivity index is 2.01. The van der Waals surface area contributed by atoms with Crippen molar-refractivity contribution < 1.29 is 13.7 Å². The maximum absolute atomic E-state index is 11.3. The zero-order valence-electron chi connectivity index (χ0n) is 11.8. The maximum atomic E-state index is 11.3. The molecule has 0 aromatic heterocycles. The molecule has 1 saturated heterocycles. The molecule has 1 aliphatic rings. The molecule has 1 aliphatic heterocycles. The third-order valence-corrected chi connectivity index (χ3v) is 5.33. The van der Waals surface area contributed by atoms with Gasteiger partial charge in [-0.05, 0) is 24.5 Å². The van der Waals surface area contributed by atoms with Gasteiger partial charge in [0, 0.05) is 34.9 Å². The third kappa shape index (κ3) is 3.65. The summed E-state index contributed by atoms with van der Waals surface area (Å²) in [7, 11) is 2.55. The van der Waals surface area contributed by atoms with Crippen molar-refractivity contribution in [1.82, 2.24) is 5.32 Å². The minimum absolute atomic E-state index is 0.414. The minimum Gasteiger partial charge on any atom is -0.493 e. The smallest absolute Gasteiger partial charge is 0.179 e. The molecule has 6 heteroatoms. The topological polar surface area (TPSA) is 47.6 Å². The van der Waals surface area contributed by atoms with Gasteiger partial charge in [-0.3, -0.25) is 4.21 Å². The van der Waals surface area contributed by atoms with Crippen LogP contribution in [0.5, 0.6) is 11.5 Å². The fraction of sp³-hybridized carbons (Fsp3) is 0.571. The van der Waals surface area contributed by atoms with Crippen molar-refractivity contribution in [3.05, 3.63) is 22.7 Å². The fourth-order valence-electron chi connectivity index (χ4n) is 2.32. The molecule has 0 unspecified atom stereocenters. The van der Waals surface area contributed by atoms with Crippen molar-refractivity contribution in [3.63, 3.8) is 0 Å². The van der Waals surface area contributed by atoms with E-state index >= 15 is 0 Å². The molecule has 1 heterocycles. The second kappa shape index (κ2) is 7.29. The highest BCUT2D eigenvalue weighted by Gasteiger charge is 2.18. The predicted octanol–water partition coefficient (Wildman–Crippen LogP) is 2.36. The molecule has 112 valence electrons. The monoisotopic (exact) mass is 317 g/mol. The van der Waals surface area contributed by atoms with Gasteiger partial charge < -0.3 is 14.8 Å². The fourth-order valence-corrected chi connectivity index (χ4v) is 3.92. The largest absolute Gasteiger partial charge is 0.493 e. The number of nitrogens with one attached hydrogen (secondary N) is 1. The standard InChI is InChI=1S/C14H20ClNO3S/c1-18-12-4-3-10(13(15)14(12)19-2)9-16-11-5-7-20(17)8-6-11/h3-4,11,16H,5-9H2,1-2H3. The van der Waals surface area contributed by atoms with Gasteiger partial charge in [0.15, 0.2) is 11.5 Å². The van der Waals surface area contributed by atoms with Gasteiger partial charge in [0.25, 0.3) is 0 Å². The van der Waals surface area contributed by atoms with E-state index in [4.69, 9.17) is 21.1 Å². The second-order valence-corrected chi connectivity index (χ2v) is 6.85. The van der Waals surface area contributed by atoms with Crippen LogP contribution >= 0.6 is 11.6 Å². The van der Waals surface area contributed by atoms with E-state index in [0.717, 1.165) is 29.9 Å². The van der Waals surface area contributed by atoms with Crippen LogP contribution in [0.15, 0.2) is 12.1 Å². The number of hydrogen-bond acceptors (Lipinski definition) is 4. The average Bonchev–Trinajstić information content (AvgIpc) is 2.47. The highest BCUT2D eigenvalue weighted by atomic mass is 35.5. The number of methoxy groups -OCH3 is 2. The Morgan fingerprint density at radius 2 is 2.00 bits per heavy atom. The molecule has 0 aliphatic carbocycles. The molecule has 20 heavy (non-hydrogen) atoms. The molecule has 2 rings (SSSR count). The lowest BCUT2D eigenvalue weighted by molar-refractivity contribution is 0.354. The Hall–Kier alpha value is -0.780. The lowest BCUT2D eigenvalue weighted by Gasteiger charge is -2.23. The van der Waals surface area contributed by atoms with Crippen molar-refractivity contribution in [1.29, 1.82) is 0 Å². The summed E-state index contributed by atoms with van der Waals surface area (Å²) in [5.41, 5.74) is 0.982. The summed E-state index contributed by atoms with van der Waals surface area (Å²) >= 11 is 6.34. The van der Waals surface area contributed by atoms with Crippen LogP contribution in [-0.4, -0.2) is 36.0 Å². The van der Waals surface area contributed by atoms with Crippen molar-refractivity contribution in [2.75, 3.05) is 25.7 Å². The molecule has 1 fully saturated rings. The Morgan fingerprint density at radius 3 is 2.60 bits per heavy atom. The van der Waals surface area contributed by atoms with Crippen LogP contribution in [0.2, 0.25) is 5.02 Å². The van der Waals surface area contributed by atoms with Gasteiger partial charge in [-0.15, -0.1) is 0 Å². The highest BCUT2D eigenvalue weighted by molar-refractivity contribution is 7.85. The number of rotatable bonds is 5. The van der Waals surface area contributed by atoms with E-state index in [-0.39, 0.29) is 0 Å². The van der Waals surface area contributed by atoms with Crippen LogP contribution in [-0.2, 0) is 17.3 Å². The van der Waals surface area contributed by atoms with Gasteiger partial charge in [0.2, 0.25) is 0 Å². The van der Waals surface area contributed by atoms with E-state index < -0.39 is 10.8 Å². The number of ether oxygens (including phenoxy) is 2. The summed E-state index contributed by atoms with van der Waals surface area (Å²) in [4.78, 5) is 0. The molecule has 0 amide bonds. The second-order valence-electron chi connectivity index (χ2n) is 4.78. The van der Waals surface area contributed by atoms with E-state index in [1.165, 1.54) is 0 Å². The van der Waals surface area contributed by atoms with Crippen molar-refractivity contribution in [2.24, 2.45) is 0 Å². The molecule has 0 atom stereocenters. The Labute approximate surface area is 127 Å². The van der Waals surface area contributed by atoms with Gasteiger partial charge in [0.05, 0.1) is 19.2 Å². The summed E-state index contributed by atoms with van der Waals surface area (Å²) in [5, 5.41) is 4.05. The van der Waals surface area contributed by atoms with E-state index in [2.05, 4.69) is 5.32 Å². The molecule has 0 spiro atoms.